The van der Waals surface area contributed by atoms with Crippen LogP contribution >= 0.6 is 23.2 Å². The summed E-state index contributed by atoms with van der Waals surface area (Å²) >= 11 is 12.4. The summed E-state index contributed by atoms with van der Waals surface area (Å²) in [5.41, 5.74) is 1.63. The first kappa shape index (κ1) is 14.1. The number of hydrogen-bond donors (Lipinski definition) is 0. The molecule has 0 saturated heterocycles. The van der Waals surface area contributed by atoms with Gasteiger partial charge in [-0.2, -0.15) is 0 Å². The highest BCUT2D eigenvalue weighted by Gasteiger charge is 2.15. The number of nitrogens with zero attached hydrogens (tertiary/aromatic N) is 2. The molecule has 5 heteroatoms. The summed E-state index contributed by atoms with van der Waals surface area (Å²) in [6, 6.07) is 7.43. The minimum Gasteiger partial charge on any atom is -0.497 e. The maximum atomic E-state index is 6.18. The maximum Gasteiger partial charge on any atom is 0.162 e. The van der Waals surface area contributed by atoms with E-state index < -0.39 is 0 Å². The van der Waals surface area contributed by atoms with Gasteiger partial charge < -0.3 is 4.74 Å². The molecule has 0 saturated carbocycles. The third-order valence-electron chi connectivity index (χ3n) is 2.78. The van der Waals surface area contributed by atoms with Gasteiger partial charge in [0.05, 0.1) is 7.11 Å². The zero-order valence-corrected chi connectivity index (χ0v) is 12.5. The molecule has 0 unspecified atom stereocenters. The summed E-state index contributed by atoms with van der Waals surface area (Å²) in [7, 11) is 1.62. The van der Waals surface area contributed by atoms with E-state index in [-0.39, 0.29) is 5.92 Å². The van der Waals surface area contributed by atoms with Gasteiger partial charge in [-0.3, -0.25) is 0 Å². The minimum atomic E-state index is 0.185. The van der Waals surface area contributed by atoms with Gasteiger partial charge >= 0.3 is 0 Å². The largest absolute Gasteiger partial charge is 0.497 e. The van der Waals surface area contributed by atoms with E-state index in [0.717, 1.165) is 16.9 Å². The first-order valence-corrected chi connectivity index (χ1v) is 6.66. The summed E-state index contributed by atoms with van der Waals surface area (Å²) in [4.78, 5) is 8.62. The van der Waals surface area contributed by atoms with Crippen molar-refractivity contribution >= 4 is 23.2 Å². The molecule has 0 aliphatic rings. The number of rotatable bonds is 3. The van der Waals surface area contributed by atoms with Crippen LogP contribution in [-0.2, 0) is 0 Å². The van der Waals surface area contributed by atoms with Gasteiger partial charge in [0, 0.05) is 11.1 Å². The third-order valence-corrected chi connectivity index (χ3v) is 3.35. The second-order valence-corrected chi connectivity index (χ2v) is 5.14. The molecule has 100 valence electrons. The molecule has 3 nitrogen and oxygen atoms in total. The fourth-order valence-corrected chi connectivity index (χ4v) is 2.59. The van der Waals surface area contributed by atoms with Crippen molar-refractivity contribution in [2.75, 3.05) is 7.11 Å². The molecule has 0 fully saturated rings. The first-order chi connectivity index (χ1) is 9.02. The molecule has 19 heavy (non-hydrogen) atoms. The van der Waals surface area contributed by atoms with Crippen molar-refractivity contribution in [1.82, 2.24) is 9.97 Å². The minimum absolute atomic E-state index is 0.185. The van der Waals surface area contributed by atoms with Crippen LogP contribution < -0.4 is 4.74 Å². The van der Waals surface area contributed by atoms with E-state index in [9.17, 15) is 0 Å². The lowest BCUT2D eigenvalue weighted by atomic mass is 10.1. The first-order valence-electron chi connectivity index (χ1n) is 5.90. The fraction of sp³-hybridized carbons (Fsp3) is 0.286. The molecule has 1 heterocycles. The van der Waals surface area contributed by atoms with Crippen molar-refractivity contribution in [2.45, 2.75) is 19.8 Å². The van der Waals surface area contributed by atoms with Gasteiger partial charge in [0.2, 0.25) is 0 Å². The SMILES string of the molecule is COc1ccc(-c2nc(Cl)c(C(C)C)c(Cl)n2)cc1. The van der Waals surface area contributed by atoms with Crippen LogP contribution in [0.3, 0.4) is 0 Å². The quantitative estimate of drug-likeness (QED) is 0.778. The Balaban J connectivity index is 2.45. The van der Waals surface area contributed by atoms with Crippen LogP contribution in [0.1, 0.15) is 25.3 Å². The Kier molecular flexibility index (Phi) is 4.27. The fourth-order valence-electron chi connectivity index (χ4n) is 1.76. The highest BCUT2D eigenvalue weighted by atomic mass is 35.5. The molecule has 0 N–H and O–H groups in total. The average Bonchev–Trinajstić information content (AvgIpc) is 2.37. The molecule has 2 aromatic rings. The second kappa shape index (κ2) is 5.76. The summed E-state index contributed by atoms with van der Waals surface area (Å²) < 4.78 is 5.11. The van der Waals surface area contributed by atoms with Gasteiger partial charge in [0.15, 0.2) is 5.82 Å². The molecule has 0 atom stereocenters. The highest BCUT2D eigenvalue weighted by Crippen LogP contribution is 2.31. The van der Waals surface area contributed by atoms with Crippen LogP contribution in [0.2, 0.25) is 10.3 Å². The predicted octanol–water partition coefficient (Wildman–Crippen LogP) is 4.58. The van der Waals surface area contributed by atoms with Crippen LogP contribution in [0.5, 0.6) is 5.75 Å². The van der Waals surface area contributed by atoms with Crippen molar-refractivity contribution in [2.24, 2.45) is 0 Å². The van der Waals surface area contributed by atoms with Gasteiger partial charge in [-0.15, -0.1) is 0 Å². The number of aromatic nitrogens is 2. The second-order valence-electron chi connectivity index (χ2n) is 4.43. The lowest BCUT2D eigenvalue weighted by molar-refractivity contribution is 0.415. The normalized spacial score (nSPS) is 10.8. The third kappa shape index (κ3) is 2.99. The average molecular weight is 297 g/mol. The summed E-state index contributed by atoms with van der Waals surface area (Å²) in [6.45, 7) is 4.01. The number of ether oxygens (including phenoxy) is 1. The van der Waals surface area contributed by atoms with Gasteiger partial charge in [-0.1, -0.05) is 37.0 Å². The zero-order valence-electron chi connectivity index (χ0n) is 10.9. The lowest BCUT2D eigenvalue weighted by Gasteiger charge is -2.11. The molecule has 1 aromatic carbocycles. The summed E-state index contributed by atoms with van der Waals surface area (Å²) in [5.74, 6) is 1.48. The van der Waals surface area contributed by atoms with Gasteiger partial charge in [0.25, 0.3) is 0 Å². The Bertz CT molecular complexity index is 559. The molecular weight excluding hydrogens is 283 g/mol. The molecule has 0 aliphatic heterocycles. The van der Waals surface area contributed by atoms with Crippen LogP contribution in [-0.4, -0.2) is 17.1 Å². The van der Waals surface area contributed by atoms with E-state index in [1.165, 1.54) is 0 Å². The predicted molar refractivity (Wildman–Crippen MR) is 78.1 cm³/mol. The Morgan fingerprint density at radius 2 is 1.53 bits per heavy atom. The smallest absolute Gasteiger partial charge is 0.162 e. The summed E-state index contributed by atoms with van der Waals surface area (Å²) in [6.07, 6.45) is 0. The Morgan fingerprint density at radius 3 is 1.95 bits per heavy atom. The van der Waals surface area contributed by atoms with Crippen molar-refractivity contribution in [1.29, 1.82) is 0 Å². The van der Waals surface area contributed by atoms with Crippen molar-refractivity contribution in [3.63, 3.8) is 0 Å². The van der Waals surface area contributed by atoms with Crippen LogP contribution in [0.4, 0.5) is 0 Å². The topological polar surface area (TPSA) is 35.0 Å². The Hall–Kier alpha value is -1.32. The number of methoxy groups -OCH3 is 1. The van der Waals surface area contributed by atoms with E-state index >= 15 is 0 Å². The molecule has 0 spiro atoms. The van der Waals surface area contributed by atoms with Crippen LogP contribution in [0, 0.1) is 0 Å². The van der Waals surface area contributed by atoms with Crippen LogP contribution in [0.15, 0.2) is 24.3 Å². The molecule has 0 bridgehead atoms. The molecule has 1 aromatic heterocycles. The van der Waals surface area contributed by atoms with Crippen molar-refractivity contribution in [3.8, 4) is 17.1 Å². The maximum absolute atomic E-state index is 6.18. The van der Waals surface area contributed by atoms with E-state index in [2.05, 4.69) is 9.97 Å². The van der Waals surface area contributed by atoms with E-state index in [0.29, 0.717) is 16.1 Å². The van der Waals surface area contributed by atoms with Gasteiger partial charge in [0.1, 0.15) is 16.1 Å². The standard InChI is InChI=1S/C14H14Cl2N2O/c1-8(2)11-12(15)17-14(18-13(11)16)9-4-6-10(19-3)7-5-9/h4-8H,1-3H3. The monoisotopic (exact) mass is 296 g/mol. The molecule has 2 rings (SSSR count). The highest BCUT2D eigenvalue weighted by molar-refractivity contribution is 6.34. The summed E-state index contributed by atoms with van der Waals surface area (Å²) in [5, 5.41) is 0.807. The van der Waals surface area contributed by atoms with E-state index in [1.807, 2.05) is 38.1 Å². The Morgan fingerprint density at radius 1 is 1.00 bits per heavy atom. The van der Waals surface area contributed by atoms with Crippen LogP contribution in [0.25, 0.3) is 11.4 Å². The van der Waals surface area contributed by atoms with Gasteiger partial charge in [-0.05, 0) is 30.2 Å². The van der Waals surface area contributed by atoms with Gasteiger partial charge in [-0.25, -0.2) is 9.97 Å². The van der Waals surface area contributed by atoms with E-state index in [1.54, 1.807) is 7.11 Å². The zero-order chi connectivity index (χ0) is 14.0. The van der Waals surface area contributed by atoms with Crippen molar-refractivity contribution < 1.29 is 4.74 Å². The number of halogens is 2. The number of hydrogen-bond acceptors (Lipinski definition) is 3. The Labute approximate surface area is 122 Å². The van der Waals surface area contributed by atoms with E-state index in [4.69, 9.17) is 27.9 Å². The molecule has 0 aliphatic carbocycles. The number of benzene rings is 1. The molecular formula is C14H14Cl2N2O. The molecule has 0 radical (unpaired) electrons. The molecule has 0 amide bonds. The lowest BCUT2D eigenvalue weighted by Crippen LogP contribution is -1.99. The van der Waals surface area contributed by atoms with Crippen molar-refractivity contribution in [3.05, 3.63) is 40.1 Å².